The minimum absolute atomic E-state index is 0.0358. The van der Waals surface area contributed by atoms with Gasteiger partial charge in [-0.15, -0.1) is 0 Å². The third kappa shape index (κ3) is 6.31. The summed E-state index contributed by atoms with van der Waals surface area (Å²) >= 11 is 0. The number of nitrogens with two attached hydrogens (primary N) is 1. The number of nitrogens with one attached hydrogen (secondary N) is 1. The number of aromatic nitrogens is 3. The summed E-state index contributed by atoms with van der Waals surface area (Å²) in [6.45, 7) is 3.25. The molecule has 1 saturated carbocycles. The lowest BCUT2D eigenvalue weighted by molar-refractivity contribution is 0.0967. The van der Waals surface area contributed by atoms with Crippen molar-refractivity contribution >= 4 is 23.7 Å². The highest BCUT2D eigenvalue weighted by Crippen LogP contribution is 2.32. The van der Waals surface area contributed by atoms with E-state index in [1.165, 1.54) is 26.0 Å². The highest BCUT2D eigenvalue weighted by Gasteiger charge is 2.29. The number of ether oxygens (including phenoxy) is 2. The number of carbonyl (C=O) groups excluding carboxylic acids is 1. The monoisotopic (exact) mass is 501 g/mol. The minimum atomic E-state index is -0.477. The summed E-state index contributed by atoms with van der Waals surface area (Å²) in [5.74, 6) is 7.86. The number of likely N-dealkylation sites (tertiary alicyclic amines) is 1. The Morgan fingerprint density at radius 3 is 2.50 bits per heavy atom. The fourth-order valence-corrected chi connectivity index (χ4v) is 4.85. The standard InChI is InChI=1S/C25H36FN7O3/c1-3-36-25(34)32-14-12-19(13-15-32)33(27)24-30-22(17-8-6-4-5-7-9-17)29-23(31-24)28-18-10-11-21(35-2)20(26)16-18/h10-11,16-17,19H,3-9,12-15,27H2,1-2H3,(H,28,29,30,31). The molecule has 0 bridgehead atoms. The molecule has 4 rings (SSSR count). The fourth-order valence-electron chi connectivity index (χ4n) is 4.85. The minimum Gasteiger partial charge on any atom is -0.494 e. The van der Waals surface area contributed by atoms with E-state index in [-0.39, 0.29) is 23.8 Å². The van der Waals surface area contributed by atoms with Gasteiger partial charge in [0.2, 0.25) is 11.9 Å². The van der Waals surface area contributed by atoms with Crippen LogP contribution in [0.5, 0.6) is 5.75 Å². The van der Waals surface area contributed by atoms with Crippen molar-refractivity contribution in [1.82, 2.24) is 19.9 Å². The lowest BCUT2D eigenvalue weighted by atomic mass is 10.00. The van der Waals surface area contributed by atoms with Gasteiger partial charge in [-0.05, 0) is 44.7 Å². The third-order valence-corrected chi connectivity index (χ3v) is 6.88. The molecule has 0 radical (unpaired) electrons. The molecule has 1 aliphatic carbocycles. The predicted octanol–water partition coefficient (Wildman–Crippen LogP) is 4.50. The van der Waals surface area contributed by atoms with E-state index in [0.29, 0.717) is 55.9 Å². The number of anilines is 3. The van der Waals surface area contributed by atoms with Crippen molar-refractivity contribution in [3.8, 4) is 5.75 Å². The van der Waals surface area contributed by atoms with Crippen molar-refractivity contribution in [3.05, 3.63) is 29.8 Å². The van der Waals surface area contributed by atoms with E-state index < -0.39 is 5.82 Å². The molecule has 196 valence electrons. The first-order valence-corrected chi connectivity index (χ1v) is 12.8. The molecular formula is C25H36FN7O3. The molecule has 0 unspecified atom stereocenters. The van der Waals surface area contributed by atoms with Gasteiger partial charge in [-0.1, -0.05) is 25.7 Å². The maximum atomic E-state index is 14.3. The van der Waals surface area contributed by atoms with E-state index in [1.54, 1.807) is 29.0 Å². The zero-order valence-corrected chi connectivity index (χ0v) is 21.1. The smallest absolute Gasteiger partial charge is 0.409 e. The predicted molar refractivity (Wildman–Crippen MR) is 135 cm³/mol. The van der Waals surface area contributed by atoms with Crippen molar-refractivity contribution in [2.24, 2.45) is 5.84 Å². The van der Waals surface area contributed by atoms with Crippen LogP contribution in [-0.4, -0.2) is 58.8 Å². The number of halogens is 1. The third-order valence-electron chi connectivity index (χ3n) is 6.88. The van der Waals surface area contributed by atoms with Crippen molar-refractivity contribution in [2.75, 3.05) is 37.1 Å². The summed E-state index contributed by atoms with van der Waals surface area (Å²) in [6.07, 6.45) is 7.78. The van der Waals surface area contributed by atoms with Gasteiger partial charge in [-0.2, -0.15) is 15.0 Å². The van der Waals surface area contributed by atoms with Gasteiger partial charge in [-0.25, -0.2) is 15.0 Å². The second-order valence-electron chi connectivity index (χ2n) is 9.30. The van der Waals surface area contributed by atoms with Gasteiger partial charge in [0.1, 0.15) is 5.82 Å². The Morgan fingerprint density at radius 1 is 1.14 bits per heavy atom. The van der Waals surface area contributed by atoms with Gasteiger partial charge < -0.3 is 19.7 Å². The number of amides is 1. The average Bonchev–Trinajstić information content (AvgIpc) is 3.18. The van der Waals surface area contributed by atoms with E-state index >= 15 is 0 Å². The summed E-state index contributed by atoms with van der Waals surface area (Å²) in [5.41, 5.74) is 0.503. The topological polar surface area (TPSA) is 119 Å². The SMILES string of the molecule is CCOC(=O)N1CCC(N(N)c2nc(Nc3ccc(OC)c(F)c3)nc(C3CCCCCC3)n2)CC1. The first-order valence-electron chi connectivity index (χ1n) is 12.8. The van der Waals surface area contributed by atoms with E-state index in [0.717, 1.165) is 25.7 Å². The number of hydrogen-bond donors (Lipinski definition) is 2. The van der Waals surface area contributed by atoms with Gasteiger partial charge in [0.25, 0.3) is 0 Å². The van der Waals surface area contributed by atoms with Crippen LogP contribution in [0.2, 0.25) is 0 Å². The Balaban J connectivity index is 1.56. The highest BCUT2D eigenvalue weighted by molar-refractivity contribution is 5.67. The van der Waals surface area contributed by atoms with Crippen molar-refractivity contribution < 1.29 is 18.7 Å². The fraction of sp³-hybridized carbons (Fsp3) is 0.600. The number of benzene rings is 1. The molecule has 1 aromatic heterocycles. The first kappa shape index (κ1) is 25.9. The van der Waals surface area contributed by atoms with Gasteiger partial charge in [0.15, 0.2) is 11.6 Å². The number of carbonyl (C=O) groups is 1. The van der Waals surface area contributed by atoms with Crippen LogP contribution in [0.15, 0.2) is 18.2 Å². The molecule has 1 aromatic carbocycles. The lowest BCUT2D eigenvalue weighted by Gasteiger charge is -2.35. The van der Waals surface area contributed by atoms with Crippen molar-refractivity contribution in [1.29, 1.82) is 0 Å². The summed E-state index contributed by atoms with van der Waals surface area (Å²) in [5, 5.41) is 4.70. The van der Waals surface area contributed by atoms with Crippen LogP contribution >= 0.6 is 0 Å². The normalized spacial score (nSPS) is 17.4. The Morgan fingerprint density at radius 2 is 1.86 bits per heavy atom. The molecule has 3 N–H and O–H groups in total. The van der Waals surface area contributed by atoms with Gasteiger partial charge in [-0.3, -0.25) is 5.01 Å². The van der Waals surface area contributed by atoms with Crippen LogP contribution in [-0.2, 0) is 4.74 Å². The van der Waals surface area contributed by atoms with Crippen LogP contribution < -0.4 is 20.9 Å². The maximum Gasteiger partial charge on any atom is 0.409 e. The molecule has 2 heterocycles. The number of nitrogens with zero attached hydrogens (tertiary/aromatic N) is 5. The van der Waals surface area contributed by atoms with Crippen LogP contribution in [0.4, 0.5) is 26.8 Å². The van der Waals surface area contributed by atoms with Crippen molar-refractivity contribution in [2.45, 2.75) is 70.3 Å². The van der Waals surface area contributed by atoms with Crippen LogP contribution in [0.3, 0.4) is 0 Å². The van der Waals surface area contributed by atoms with Gasteiger partial charge in [0.05, 0.1) is 19.8 Å². The Hall–Kier alpha value is -3.21. The molecule has 10 nitrogen and oxygen atoms in total. The van der Waals surface area contributed by atoms with E-state index in [1.807, 2.05) is 0 Å². The second kappa shape index (κ2) is 12.2. The molecule has 2 aliphatic rings. The molecule has 11 heteroatoms. The second-order valence-corrected chi connectivity index (χ2v) is 9.30. The Labute approximate surface area is 211 Å². The lowest BCUT2D eigenvalue weighted by Crippen LogP contribution is -2.50. The number of piperidine rings is 1. The number of methoxy groups -OCH3 is 1. The Bertz CT molecular complexity index is 1020. The number of rotatable bonds is 7. The van der Waals surface area contributed by atoms with E-state index in [9.17, 15) is 9.18 Å². The first-order chi connectivity index (χ1) is 17.5. The number of hydrogen-bond acceptors (Lipinski definition) is 9. The summed E-state index contributed by atoms with van der Waals surface area (Å²) in [4.78, 5) is 27.8. The molecule has 1 amide bonds. The Kier molecular flexibility index (Phi) is 8.74. The number of hydrazine groups is 1. The molecule has 2 aromatic rings. The summed E-state index contributed by atoms with van der Waals surface area (Å²) in [7, 11) is 1.43. The zero-order chi connectivity index (χ0) is 25.5. The quantitative estimate of drug-likeness (QED) is 0.321. The van der Waals surface area contributed by atoms with Gasteiger partial charge in [0, 0.05) is 30.8 Å². The average molecular weight is 502 g/mol. The molecule has 1 aliphatic heterocycles. The highest BCUT2D eigenvalue weighted by atomic mass is 19.1. The maximum absolute atomic E-state index is 14.3. The molecule has 0 spiro atoms. The summed E-state index contributed by atoms with van der Waals surface area (Å²) in [6, 6.07) is 4.57. The molecule has 0 atom stereocenters. The summed E-state index contributed by atoms with van der Waals surface area (Å²) < 4.78 is 24.4. The van der Waals surface area contributed by atoms with Crippen LogP contribution in [0.1, 0.15) is 70.0 Å². The van der Waals surface area contributed by atoms with Crippen LogP contribution in [0.25, 0.3) is 0 Å². The van der Waals surface area contributed by atoms with Crippen LogP contribution in [0, 0.1) is 5.82 Å². The molecule has 36 heavy (non-hydrogen) atoms. The molecule has 1 saturated heterocycles. The van der Waals surface area contributed by atoms with Gasteiger partial charge >= 0.3 is 6.09 Å². The van der Waals surface area contributed by atoms with Crippen molar-refractivity contribution in [3.63, 3.8) is 0 Å². The van der Waals surface area contributed by atoms with E-state index in [4.69, 9.17) is 25.3 Å². The largest absolute Gasteiger partial charge is 0.494 e. The molecule has 2 fully saturated rings. The molecular weight excluding hydrogens is 465 g/mol. The zero-order valence-electron chi connectivity index (χ0n) is 21.1. The van der Waals surface area contributed by atoms with E-state index in [2.05, 4.69) is 10.3 Å².